The minimum Gasteiger partial charge on any atom is -0.457 e. The van der Waals surface area contributed by atoms with Crippen LogP contribution in [-0.2, 0) is 21.7 Å². The fraction of sp³-hybridized carbons (Fsp3) is 0.235. The predicted molar refractivity (Wildman–Crippen MR) is 315 cm³/mol. The number of nitrogens with zero attached hydrogens (tertiary/aromatic N) is 4. The Hall–Kier alpha value is -7.83. The van der Waals surface area contributed by atoms with E-state index in [1.807, 2.05) is 24.8 Å². The van der Waals surface area contributed by atoms with E-state index in [0.29, 0.717) is 0 Å². The van der Waals surface area contributed by atoms with Crippen LogP contribution in [-0.4, -0.2) is 23.4 Å². The molecule has 7 aromatic carbocycles. The molecule has 8 heteroatoms. The highest BCUT2D eigenvalue weighted by atomic mass is 16.5. The van der Waals surface area contributed by atoms with Gasteiger partial charge in [0.25, 0.3) is 13.4 Å². The van der Waals surface area contributed by atoms with Crippen molar-refractivity contribution in [2.24, 2.45) is 0 Å². The highest BCUT2D eigenvalue weighted by Gasteiger charge is 2.48. The minimum atomic E-state index is -0.141. The Morgan fingerprint density at radius 1 is 0.368 bits per heavy atom. The van der Waals surface area contributed by atoms with Gasteiger partial charge in [0.2, 0.25) is 0 Å². The minimum absolute atomic E-state index is 0.0601. The molecule has 0 atom stereocenters. The maximum atomic E-state index is 7.10. The average Bonchev–Trinajstić information content (AvgIpc) is 3.43. The molecule has 0 radical (unpaired) electrons. The molecule has 0 fully saturated rings. The van der Waals surface area contributed by atoms with Gasteiger partial charge in [0.05, 0.1) is 12.4 Å². The van der Waals surface area contributed by atoms with Crippen LogP contribution in [0.4, 0.5) is 34.1 Å². The Labute approximate surface area is 448 Å². The number of aromatic nitrogens is 2. The van der Waals surface area contributed by atoms with E-state index in [2.05, 4.69) is 221 Å². The van der Waals surface area contributed by atoms with Crippen molar-refractivity contribution in [3.63, 3.8) is 0 Å². The third kappa shape index (κ3) is 6.61. The first-order valence-electron chi connectivity index (χ1n) is 27.4. The second kappa shape index (κ2) is 15.9. The number of anilines is 6. The lowest BCUT2D eigenvalue weighted by Crippen LogP contribution is -2.63. The molecule has 0 saturated carbocycles. The van der Waals surface area contributed by atoms with E-state index in [0.717, 1.165) is 103 Å². The fourth-order valence-corrected chi connectivity index (χ4v) is 14.3. The summed E-state index contributed by atoms with van der Waals surface area (Å²) in [6.07, 6.45) is 12.3. The first-order valence-corrected chi connectivity index (χ1v) is 27.4. The number of ether oxygens (including phenoxy) is 2. The summed E-state index contributed by atoms with van der Waals surface area (Å²) < 4.78 is 14.2. The number of para-hydroxylation sites is 2. The van der Waals surface area contributed by atoms with Gasteiger partial charge in [0, 0.05) is 46.5 Å². The van der Waals surface area contributed by atoms with Crippen LogP contribution < -0.4 is 52.1 Å². The first kappa shape index (κ1) is 45.6. The molecule has 6 heterocycles. The maximum absolute atomic E-state index is 7.10. The van der Waals surface area contributed by atoms with Gasteiger partial charge in [-0.05, 0) is 191 Å². The fourth-order valence-electron chi connectivity index (χ4n) is 14.3. The molecule has 0 spiro atoms. The van der Waals surface area contributed by atoms with E-state index in [-0.39, 0.29) is 35.1 Å². The van der Waals surface area contributed by atoms with Crippen LogP contribution in [0.25, 0.3) is 22.3 Å². The van der Waals surface area contributed by atoms with Gasteiger partial charge in [0.15, 0.2) is 0 Å². The molecular formula is C68H60B2N4O2. The lowest BCUT2D eigenvalue weighted by Gasteiger charge is -2.44. The predicted octanol–water partition coefficient (Wildman–Crippen LogP) is 13.3. The summed E-state index contributed by atoms with van der Waals surface area (Å²) in [6, 6.07) is 55.1. The molecular weight excluding hydrogens is 926 g/mol. The van der Waals surface area contributed by atoms with Crippen molar-refractivity contribution in [1.29, 1.82) is 0 Å². The van der Waals surface area contributed by atoms with Crippen LogP contribution in [0.15, 0.2) is 170 Å². The summed E-state index contributed by atoms with van der Waals surface area (Å²) in [5.74, 6) is 3.30. The Balaban J connectivity index is 1.000. The van der Waals surface area contributed by atoms with Gasteiger partial charge in [-0.2, -0.15) is 0 Å². The van der Waals surface area contributed by atoms with Gasteiger partial charge in [-0.25, -0.2) is 0 Å². The zero-order valence-corrected chi connectivity index (χ0v) is 44.8. The quantitative estimate of drug-likeness (QED) is 0.164. The molecule has 0 bridgehead atoms. The van der Waals surface area contributed by atoms with Gasteiger partial charge < -0.3 is 19.3 Å². The molecule has 6 aliphatic rings. The van der Waals surface area contributed by atoms with Crippen LogP contribution in [0.1, 0.15) is 103 Å². The van der Waals surface area contributed by atoms with Crippen LogP contribution in [0.2, 0.25) is 0 Å². The highest BCUT2D eigenvalue weighted by molar-refractivity contribution is 7.02. The molecule has 370 valence electrons. The summed E-state index contributed by atoms with van der Waals surface area (Å²) in [5, 5.41) is 0. The number of rotatable bonds is 4. The summed E-state index contributed by atoms with van der Waals surface area (Å²) in [6.45, 7) is 19.0. The number of fused-ring (bicyclic) bond motifs is 10. The zero-order chi connectivity index (χ0) is 51.6. The van der Waals surface area contributed by atoms with Gasteiger partial charge in [0.1, 0.15) is 23.0 Å². The van der Waals surface area contributed by atoms with E-state index >= 15 is 0 Å². The molecule has 2 aromatic heterocycles. The monoisotopic (exact) mass is 986 g/mol. The van der Waals surface area contributed by atoms with Gasteiger partial charge in [-0.1, -0.05) is 134 Å². The van der Waals surface area contributed by atoms with Crippen molar-refractivity contribution in [2.75, 3.05) is 9.80 Å². The maximum Gasteiger partial charge on any atom is 0.256 e. The number of pyridine rings is 2. The second-order valence-corrected chi connectivity index (χ2v) is 25.1. The standard InChI is InChI=1S/C68H60B2N4O2/c1-65(2)25-27-67(5,6)49-31-41(19-21-47(49)65)43-33-57-63-59(35-43)75-61-39-71-29-23-51(61)69(63)53-37-54-56(38-55(53)73(57)45-15-11-9-12-16-45)74(46-17-13-10-14-18-46)58-34-44(36-60-64(58)70(54)52-24-30-72-40-62(52)76-60)42-20-22-48-50(32-42)68(7,8)28-26-66(48,3)4/h9-24,29-40H,25-28H2,1-8H3. The van der Waals surface area contributed by atoms with E-state index < -0.39 is 0 Å². The Morgan fingerprint density at radius 2 is 0.776 bits per heavy atom. The van der Waals surface area contributed by atoms with Crippen molar-refractivity contribution in [3.8, 4) is 45.3 Å². The zero-order valence-electron chi connectivity index (χ0n) is 44.8. The van der Waals surface area contributed by atoms with Crippen LogP contribution >= 0.6 is 0 Å². The van der Waals surface area contributed by atoms with Crippen LogP contribution in [0.3, 0.4) is 0 Å². The smallest absolute Gasteiger partial charge is 0.256 e. The third-order valence-electron chi connectivity index (χ3n) is 18.7. The van der Waals surface area contributed by atoms with E-state index in [4.69, 9.17) is 9.47 Å². The topological polar surface area (TPSA) is 50.7 Å². The summed E-state index contributed by atoms with van der Waals surface area (Å²) in [4.78, 5) is 14.3. The summed E-state index contributed by atoms with van der Waals surface area (Å²) in [5.41, 5.74) is 24.4. The number of benzene rings is 7. The molecule has 0 saturated heterocycles. The van der Waals surface area contributed by atoms with Crippen LogP contribution in [0, 0.1) is 0 Å². The normalized spacial score (nSPS) is 17.8. The lowest BCUT2D eigenvalue weighted by atomic mass is 9.31. The van der Waals surface area contributed by atoms with Crippen molar-refractivity contribution in [2.45, 2.75) is 103 Å². The van der Waals surface area contributed by atoms with E-state index in [1.54, 1.807) is 0 Å². The van der Waals surface area contributed by atoms with Crippen LogP contribution in [0.5, 0.6) is 23.0 Å². The molecule has 76 heavy (non-hydrogen) atoms. The Morgan fingerprint density at radius 3 is 1.20 bits per heavy atom. The molecule has 2 aliphatic carbocycles. The molecule has 6 nitrogen and oxygen atoms in total. The molecule has 0 unspecified atom stereocenters. The molecule has 0 amide bonds. The van der Waals surface area contributed by atoms with E-state index in [9.17, 15) is 0 Å². The van der Waals surface area contributed by atoms with Crippen molar-refractivity contribution < 1.29 is 9.47 Å². The molecule has 0 N–H and O–H groups in total. The number of hydrogen-bond donors (Lipinski definition) is 0. The summed E-state index contributed by atoms with van der Waals surface area (Å²) in [7, 11) is 0. The van der Waals surface area contributed by atoms with Gasteiger partial charge >= 0.3 is 0 Å². The van der Waals surface area contributed by atoms with Crippen molar-refractivity contribution in [3.05, 3.63) is 193 Å². The lowest BCUT2D eigenvalue weighted by molar-refractivity contribution is 0.332. The van der Waals surface area contributed by atoms with Crippen molar-refractivity contribution in [1.82, 2.24) is 9.97 Å². The molecule has 15 rings (SSSR count). The SMILES string of the molecule is CC1(C)CCC(C)(C)c2cc(-c3cc4c5c(c3)N(c3ccccc3)c3cc6c(cc3B5c3ccncc3O4)B3c4ccncc4Oc4cc(-c5ccc7c(c5)C(C)(C)CCC7(C)C)cc(c43)N6c3ccccc3)ccc21. The van der Waals surface area contributed by atoms with Gasteiger partial charge in [-0.3, -0.25) is 9.97 Å². The summed E-state index contributed by atoms with van der Waals surface area (Å²) >= 11 is 0. The highest BCUT2D eigenvalue weighted by Crippen LogP contribution is 2.52. The van der Waals surface area contributed by atoms with Gasteiger partial charge in [-0.15, -0.1) is 0 Å². The Kier molecular flexibility index (Phi) is 9.51. The Bertz CT molecular complexity index is 3690. The number of hydrogen-bond acceptors (Lipinski definition) is 6. The van der Waals surface area contributed by atoms with Crippen molar-refractivity contribution >= 4 is 80.3 Å². The van der Waals surface area contributed by atoms with E-state index in [1.165, 1.54) is 57.1 Å². The average molecular weight is 987 g/mol. The molecule has 9 aromatic rings. The largest absolute Gasteiger partial charge is 0.457 e. The first-order chi connectivity index (χ1) is 36.6. The second-order valence-electron chi connectivity index (χ2n) is 25.1. The molecule has 4 aliphatic heterocycles. The third-order valence-corrected chi connectivity index (χ3v) is 18.7.